The Balaban J connectivity index is 1.22. The van der Waals surface area contributed by atoms with Gasteiger partial charge in [0.2, 0.25) is 0 Å². The van der Waals surface area contributed by atoms with Crippen LogP contribution in [-0.2, 0) is 0 Å². The third-order valence-corrected chi connectivity index (χ3v) is 11.3. The summed E-state index contributed by atoms with van der Waals surface area (Å²) >= 11 is 1.85. The number of hydrogen-bond donors (Lipinski definition) is 0. The van der Waals surface area contributed by atoms with Crippen LogP contribution in [0.1, 0.15) is 0 Å². The van der Waals surface area contributed by atoms with Gasteiger partial charge in [-0.2, -0.15) is 0 Å². The number of hydrogen-bond acceptors (Lipinski definition) is 3. The average molecular weight is 657 g/mol. The molecule has 50 heavy (non-hydrogen) atoms. The van der Waals surface area contributed by atoms with E-state index in [4.69, 9.17) is 4.42 Å². The van der Waals surface area contributed by atoms with Gasteiger partial charge in [-0.3, -0.25) is 0 Å². The van der Waals surface area contributed by atoms with Gasteiger partial charge in [0.25, 0.3) is 0 Å². The van der Waals surface area contributed by atoms with Gasteiger partial charge in [0.15, 0.2) is 0 Å². The van der Waals surface area contributed by atoms with Gasteiger partial charge < -0.3 is 13.9 Å². The van der Waals surface area contributed by atoms with Gasteiger partial charge in [-0.1, -0.05) is 97.1 Å². The van der Waals surface area contributed by atoms with Crippen molar-refractivity contribution in [3.8, 4) is 5.69 Å². The minimum atomic E-state index is 0.878. The van der Waals surface area contributed by atoms with E-state index in [0.29, 0.717) is 0 Å². The van der Waals surface area contributed by atoms with Crippen molar-refractivity contribution >= 4 is 103 Å². The van der Waals surface area contributed by atoms with Crippen LogP contribution < -0.4 is 4.90 Å². The highest BCUT2D eigenvalue weighted by Crippen LogP contribution is 2.47. The number of aromatic nitrogens is 1. The number of anilines is 3. The Hall–Kier alpha value is -6.36. The molecule has 3 aromatic heterocycles. The lowest BCUT2D eigenvalue weighted by atomic mass is 10.1. The molecule has 0 N–H and O–H groups in total. The Morgan fingerprint density at radius 2 is 1.10 bits per heavy atom. The molecular weight excluding hydrogens is 629 g/mol. The fraction of sp³-hybridized carbons (Fsp3) is 0. The zero-order valence-electron chi connectivity index (χ0n) is 26.9. The maximum atomic E-state index is 6.45. The molecule has 0 aliphatic carbocycles. The van der Waals surface area contributed by atoms with E-state index in [9.17, 15) is 0 Å². The summed E-state index contributed by atoms with van der Waals surface area (Å²) in [4.78, 5) is 2.41. The quantitative estimate of drug-likeness (QED) is 0.188. The topological polar surface area (TPSA) is 21.3 Å². The van der Waals surface area contributed by atoms with E-state index >= 15 is 0 Å². The van der Waals surface area contributed by atoms with E-state index in [1.54, 1.807) is 0 Å². The largest absolute Gasteiger partial charge is 0.456 e. The molecule has 0 radical (unpaired) electrons. The van der Waals surface area contributed by atoms with Gasteiger partial charge in [-0.25, -0.2) is 0 Å². The molecular formula is C46H28N2OS. The van der Waals surface area contributed by atoms with E-state index in [2.05, 4.69) is 167 Å². The smallest absolute Gasteiger partial charge is 0.137 e. The lowest BCUT2D eigenvalue weighted by Crippen LogP contribution is -2.10. The molecule has 11 aromatic rings. The first-order valence-corrected chi connectivity index (χ1v) is 17.7. The van der Waals surface area contributed by atoms with Crippen LogP contribution in [-0.4, -0.2) is 4.57 Å². The average Bonchev–Trinajstić information content (AvgIpc) is 3.83. The first-order valence-electron chi connectivity index (χ1n) is 16.9. The molecule has 3 heterocycles. The second-order valence-electron chi connectivity index (χ2n) is 13.0. The van der Waals surface area contributed by atoms with Gasteiger partial charge in [0.1, 0.15) is 11.2 Å². The Morgan fingerprint density at radius 3 is 1.98 bits per heavy atom. The molecule has 0 saturated carbocycles. The summed E-state index contributed by atoms with van der Waals surface area (Å²) in [5.41, 5.74) is 8.56. The Bertz CT molecular complexity index is 3110. The van der Waals surface area contributed by atoms with Crippen molar-refractivity contribution in [2.24, 2.45) is 0 Å². The number of furan rings is 1. The number of benzene rings is 8. The third-order valence-electron chi connectivity index (χ3n) is 10.1. The first-order chi connectivity index (χ1) is 24.8. The van der Waals surface area contributed by atoms with Crippen molar-refractivity contribution in [1.29, 1.82) is 0 Å². The second kappa shape index (κ2) is 10.6. The number of nitrogens with zero attached hydrogens (tertiary/aromatic N) is 2. The molecule has 11 rings (SSSR count). The molecule has 0 spiro atoms. The van der Waals surface area contributed by atoms with Crippen LogP contribution in [0.25, 0.3) is 80.4 Å². The minimum absolute atomic E-state index is 0.878. The molecule has 0 saturated heterocycles. The summed E-state index contributed by atoms with van der Waals surface area (Å²) < 4.78 is 11.4. The lowest BCUT2D eigenvalue weighted by molar-refractivity contribution is 0.669. The molecule has 0 aliphatic rings. The lowest BCUT2D eigenvalue weighted by Gasteiger charge is -2.26. The SMILES string of the molecule is c1ccc(-n2c3cc(N(c4ccc5c(c4)oc4ccccc45)c4cccc5c4sc4ccccc45)ccc3c3cc4ccccc4cc32)cc1. The van der Waals surface area contributed by atoms with E-state index in [0.717, 1.165) is 50.2 Å². The highest BCUT2D eigenvalue weighted by Gasteiger charge is 2.22. The summed E-state index contributed by atoms with van der Waals surface area (Å²) in [5.74, 6) is 0. The second-order valence-corrected chi connectivity index (χ2v) is 14.0. The standard InChI is InChI=1S/C46H28N2OS/c1-2-13-31(14-3-1)48-41-26-30-12-5-4-11-29(30)25-39(41)34-23-21-32(27-42(34)48)47(33-22-24-36-35-15-6-8-19-43(35)49-44(36)28-33)40-18-10-17-38-37-16-7-9-20-45(37)50-46(38)40/h1-28H. The molecule has 0 atom stereocenters. The molecule has 234 valence electrons. The van der Waals surface area contributed by atoms with Gasteiger partial charge in [-0.15, -0.1) is 11.3 Å². The molecule has 0 amide bonds. The van der Waals surface area contributed by atoms with E-state index in [1.165, 1.54) is 47.2 Å². The van der Waals surface area contributed by atoms with E-state index in [1.807, 2.05) is 23.5 Å². The van der Waals surface area contributed by atoms with Gasteiger partial charge in [-0.05, 0) is 77.5 Å². The fourth-order valence-corrected chi connectivity index (χ4v) is 9.08. The highest BCUT2D eigenvalue weighted by molar-refractivity contribution is 7.26. The van der Waals surface area contributed by atoms with E-state index < -0.39 is 0 Å². The monoisotopic (exact) mass is 656 g/mol. The predicted octanol–water partition coefficient (Wildman–Crippen LogP) is 13.7. The van der Waals surface area contributed by atoms with Crippen molar-refractivity contribution in [3.63, 3.8) is 0 Å². The molecule has 0 unspecified atom stereocenters. The minimum Gasteiger partial charge on any atom is -0.456 e. The van der Waals surface area contributed by atoms with Crippen molar-refractivity contribution < 1.29 is 4.42 Å². The van der Waals surface area contributed by atoms with Gasteiger partial charge in [0.05, 0.1) is 21.4 Å². The molecule has 8 aromatic carbocycles. The van der Waals surface area contributed by atoms with Crippen molar-refractivity contribution in [1.82, 2.24) is 4.57 Å². The molecule has 4 heteroatoms. The zero-order chi connectivity index (χ0) is 32.8. The van der Waals surface area contributed by atoms with Crippen LogP contribution in [0, 0.1) is 0 Å². The summed E-state index contributed by atoms with van der Waals surface area (Å²) in [7, 11) is 0. The van der Waals surface area contributed by atoms with Crippen LogP contribution >= 0.6 is 11.3 Å². The zero-order valence-corrected chi connectivity index (χ0v) is 27.7. The van der Waals surface area contributed by atoms with Crippen molar-refractivity contribution in [2.45, 2.75) is 0 Å². The van der Waals surface area contributed by atoms with Crippen LogP contribution in [0.5, 0.6) is 0 Å². The van der Waals surface area contributed by atoms with Crippen LogP contribution in [0.2, 0.25) is 0 Å². The molecule has 0 bridgehead atoms. The Morgan fingerprint density at radius 1 is 0.440 bits per heavy atom. The molecule has 0 fully saturated rings. The van der Waals surface area contributed by atoms with E-state index in [-0.39, 0.29) is 0 Å². The number of thiophene rings is 1. The number of para-hydroxylation sites is 2. The number of fused-ring (bicyclic) bond motifs is 10. The van der Waals surface area contributed by atoms with Gasteiger partial charge >= 0.3 is 0 Å². The molecule has 0 aliphatic heterocycles. The van der Waals surface area contributed by atoms with Crippen LogP contribution in [0.3, 0.4) is 0 Å². The fourth-order valence-electron chi connectivity index (χ4n) is 7.88. The molecule has 3 nitrogen and oxygen atoms in total. The normalized spacial score (nSPS) is 12.0. The summed E-state index contributed by atoms with van der Waals surface area (Å²) in [6.45, 7) is 0. The summed E-state index contributed by atoms with van der Waals surface area (Å²) in [6.07, 6.45) is 0. The highest BCUT2D eigenvalue weighted by atomic mass is 32.1. The maximum Gasteiger partial charge on any atom is 0.137 e. The Kier molecular flexibility index (Phi) is 5.83. The van der Waals surface area contributed by atoms with Crippen LogP contribution in [0.15, 0.2) is 174 Å². The van der Waals surface area contributed by atoms with Gasteiger partial charge in [0, 0.05) is 60.1 Å². The number of rotatable bonds is 4. The summed E-state index contributed by atoms with van der Waals surface area (Å²) in [6, 6.07) is 61.3. The summed E-state index contributed by atoms with van der Waals surface area (Å²) in [5, 5.41) is 9.76. The predicted molar refractivity (Wildman–Crippen MR) is 213 cm³/mol. The third kappa shape index (κ3) is 4.03. The van der Waals surface area contributed by atoms with Crippen molar-refractivity contribution in [2.75, 3.05) is 4.90 Å². The Labute approximate surface area is 291 Å². The van der Waals surface area contributed by atoms with Crippen LogP contribution in [0.4, 0.5) is 17.1 Å². The maximum absolute atomic E-state index is 6.45. The first kappa shape index (κ1) is 27.6. The van der Waals surface area contributed by atoms with Crippen molar-refractivity contribution in [3.05, 3.63) is 170 Å².